The Kier molecular flexibility index (Phi) is 5.11. The standard InChI is InChI=1S/C17H32N2O/c1-5-7-8-14-16(20)19(15(6-2)18-14)13-9-11-17(3,4)12-10-13/h13-15,18H,5-12H2,1-4H3. The van der Waals surface area contributed by atoms with Gasteiger partial charge in [-0.2, -0.15) is 0 Å². The molecule has 2 unspecified atom stereocenters. The van der Waals surface area contributed by atoms with Crippen LogP contribution in [0.1, 0.15) is 79.1 Å². The van der Waals surface area contributed by atoms with E-state index in [1.165, 1.54) is 32.1 Å². The molecular weight excluding hydrogens is 248 g/mol. The fourth-order valence-corrected chi connectivity index (χ4v) is 3.74. The van der Waals surface area contributed by atoms with Crippen LogP contribution in [0.25, 0.3) is 0 Å². The van der Waals surface area contributed by atoms with Gasteiger partial charge in [0.2, 0.25) is 5.91 Å². The normalized spacial score (nSPS) is 31.0. The van der Waals surface area contributed by atoms with E-state index in [4.69, 9.17) is 0 Å². The van der Waals surface area contributed by atoms with Gasteiger partial charge in [0.05, 0.1) is 12.2 Å². The molecular formula is C17H32N2O. The van der Waals surface area contributed by atoms with E-state index in [0.717, 1.165) is 19.3 Å². The molecule has 0 aromatic rings. The Labute approximate surface area is 124 Å². The van der Waals surface area contributed by atoms with Gasteiger partial charge in [0.15, 0.2) is 0 Å². The minimum Gasteiger partial charge on any atom is -0.323 e. The summed E-state index contributed by atoms with van der Waals surface area (Å²) in [6.07, 6.45) is 9.46. The van der Waals surface area contributed by atoms with E-state index >= 15 is 0 Å². The van der Waals surface area contributed by atoms with Crippen LogP contribution in [-0.4, -0.2) is 29.1 Å². The van der Waals surface area contributed by atoms with Crippen molar-refractivity contribution in [3.63, 3.8) is 0 Å². The summed E-state index contributed by atoms with van der Waals surface area (Å²) in [5.74, 6) is 0.370. The van der Waals surface area contributed by atoms with Crippen LogP contribution >= 0.6 is 0 Å². The fourth-order valence-electron chi connectivity index (χ4n) is 3.74. The van der Waals surface area contributed by atoms with E-state index in [0.29, 0.717) is 17.4 Å². The first-order chi connectivity index (χ1) is 9.48. The second kappa shape index (κ2) is 6.46. The smallest absolute Gasteiger partial charge is 0.241 e. The molecule has 1 amide bonds. The van der Waals surface area contributed by atoms with Crippen LogP contribution in [0.4, 0.5) is 0 Å². The van der Waals surface area contributed by atoms with Gasteiger partial charge >= 0.3 is 0 Å². The zero-order valence-corrected chi connectivity index (χ0v) is 13.7. The maximum absolute atomic E-state index is 12.7. The predicted octanol–water partition coefficient (Wildman–Crippen LogP) is 3.68. The lowest BCUT2D eigenvalue weighted by Gasteiger charge is -2.40. The first kappa shape index (κ1) is 15.8. The van der Waals surface area contributed by atoms with E-state index in [1.54, 1.807) is 0 Å². The Bertz CT molecular complexity index is 330. The maximum Gasteiger partial charge on any atom is 0.241 e. The number of hydrogen-bond donors (Lipinski definition) is 1. The average Bonchev–Trinajstić information content (AvgIpc) is 2.73. The number of hydrogen-bond acceptors (Lipinski definition) is 2. The Balaban J connectivity index is 2.00. The fraction of sp³-hybridized carbons (Fsp3) is 0.941. The maximum atomic E-state index is 12.7. The Hall–Kier alpha value is -0.570. The molecule has 1 saturated carbocycles. The number of nitrogens with one attached hydrogen (secondary N) is 1. The molecule has 20 heavy (non-hydrogen) atoms. The molecule has 0 bridgehead atoms. The third kappa shape index (κ3) is 3.36. The quantitative estimate of drug-likeness (QED) is 0.833. The molecule has 2 rings (SSSR count). The number of carbonyl (C=O) groups excluding carboxylic acids is 1. The minimum absolute atomic E-state index is 0.0786. The number of nitrogens with zero attached hydrogens (tertiary/aromatic N) is 1. The van der Waals surface area contributed by atoms with Crippen molar-refractivity contribution in [1.82, 2.24) is 10.2 Å². The van der Waals surface area contributed by atoms with Crippen molar-refractivity contribution in [3.05, 3.63) is 0 Å². The van der Waals surface area contributed by atoms with Crippen LogP contribution in [0.3, 0.4) is 0 Å². The highest BCUT2D eigenvalue weighted by Crippen LogP contribution is 2.38. The lowest BCUT2D eigenvalue weighted by molar-refractivity contribution is -0.133. The lowest BCUT2D eigenvalue weighted by atomic mass is 9.75. The van der Waals surface area contributed by atoms with Crippen LogP contribution in [-0.2, 0) is 4.79 Å². The van der Waals surface area contributed by atoms with Gasteiger partial charge < -0.3 is 4.90 Å². The number of amides is 1. The van der Waals surface area contributed by atoms with Crippen LogP contribution < -0.4 is 5.32 Å². The molecule has 0 aromatic heterocycles. The van der Waals surface area contributed by atoms with Crippen molar-refractivity contribution in [2.75, 3.05) is 0 Å². The number of carbonyl (C=O) groups is 1. The average molecular weight is 280 g/mol. The Morgan fingerprint density at radius 1 is 1.25 bits per heavy atom. The summed E-state index contributed by atoms with van der Waals surface area (Å²) < 4.78 is 0. The zero-order valence-electron chi connectivity index (χ0n) is 13.7. The summed E-state index contributed by atoms with van der Waals surface area (Å²) in [4.78, 5) is 14.9. The first-order valence-corrected chi connectivity index (χ1v) is 8.56. The lowest BCUT2D eigenvalue weighted by Crippen LogP contribution is -2.46. The van der Waals surface area contributed by atoms with Crippen LogP contribution in [0.2, 0.25) is 0 Å². The Morgan fingerprint density at radius 3 is 2.45 bits per heavy atom. The SMILES string of the molecule is CCCCC1NC(CC)N(C2CCC(C)(C)CC2)C1=O. The van der Waals surface area contributed by atoms with Gasteiger partial charge in [0.25, 0.3) is 0 Å². The molecule has 1 saturated heterocycles. The molecule has 1 N–H and O–H groups in total. The second-order valence-electron chi connectivity index (χ2n) is 7.43. The molecule has 116 valence electrons. The van der Waals surface area contributed by atoms with E-state index < -0.39 is 0 Å². The molecule has 2 fully saturated rings. The predicted molar refractivity (Wildman–Crippen MR) is 83.4 cm³/mol. The molecule has 1 aliphatic carbocycles. The largest absolute Gasteiger partial charge is 0.323 e. The highest BCUT2D eigenvalue weighted by Gasteiger charge is 2.42. The van der Waals surface area contributed by atoms with Crippen molar-refractivity contribution in [1.29, 1.82) is 0 Å². The summed E-state index contributed by atoms with van der Waals surface area (Å²) in [6, 6.07) is 0.550. The zero-order chi connectivity index (χ0) is 14.8. The molecule has 0 radical (unpaired) electrons. The summed E-state index contributed by atoms with van der Waals surface area (Å²) in [5, 5.41) is 3.57. The minimum atomic E-state index is 0.0786. The van der Waals surface area contributed by atoms with E-state index in [9.17, 15) is 4.79 Å². The van der Waals surface area contributed by atoms with Gasteiger partial charge in [0, 0.05) is 6.04 Å². The van der Waals surface area contributed by atoms with Gasteiger partial charge in [-0.1, -0.05) is 40.5 Å². The molecule has 3 nitrogen and oxygen atoms in total. The molecule has 0 spiro atoms. The molecule has 1 aliphatic heterocycles. The molecule has 0 aromatic carbocycles. The third-order valence-corrected chi connectivity index (χ3v) is 5.22. The summed E-state index contributed by atoms with van der Waals surface area (Å²) in [7, 11) is 0. The van der Waals surface area contributed by atoms with Crippen molar-refractivity contribution >= 4 is 5.91 Å². The van der Waals surface area contributed by atoms with Gasteiger partial charge in [-0.05, 0) is 43.9 Å². The van der Waals surface area contributed by atoms with Crippen molar-refractivity contribution < 1.29 is 4.79 Å². The molecule has 3 heteroatoms. The van der Waals surface area contributed by atoms with E-state index in [-0.39, 0.29) is 12.2 Å². The van der Waals surface area contributed by atoms with Crippen LogP contribution in [0.15, 0.2) is 0 Å². The van der Waals surface area contributed by atoms with Crippen molar-refractivity contribution in [2.45, 2.75) is 97.3 Å². The molecule has 2 aliphatic rings. The number of unbranched alkanes of at least 4 members (excludes halogenated alkanes) is 1. The molecule has 2 atom stereocenters. The van der Waals surface area contributed by atoms with Crippen LogP contribution in [0.5, 0.6) is 0 Å². The van der Waals surface area contributed by atoms with Gasteiger partial charge in [-0.3, -0.25) is 10.1 Å². The first-order valence-electron chi connectivity index (χ1n) is 8.56. The van der Waals surface area contributed by atoms with Gasteiger partial charge in [-0.15, -0.1) is 0 Å². The van der Waals surface area contributed by atoms with E-state index in [2.05, 4.69) is 37.9 Å². The highest BCUT2D eigenvalue weighted by atomic mass is 16.2. The summed E-state index contributed by atoms with van der Waals surface area (Å²) in [5.41, 5.74) is 0.468. The van der Waals surface area contributed by atoms with Gasteiger partial charge in [0.1, 0.15) is 0 Å². The monoisotopic (exact) mass is 280 g/mol. The highest BCUT2D eigenvalue weighted by molar-refractivity contribution is 5.84. The number of rotatable bonds is 5. The van der Waals surface area contributed by atoms with E-state index in [1.807, 2.05) is 0 Å². The summed E-state index contributed by atoms with van der Waals surface area (Å²) in [6.45, 7) is 9.09. The van der Waals surface area contributed by atoms with Crippen molar-refractivity contribution in [3.8, 4) is 0 Å². The summed E-state index contributed by atoms with van der Waals surface area (Å²) >= 11 is 0. The Morgan fingerprint density at radius 2 is 1.90 bits per heavy atom. The van der Waals surface area contributed by atoms with Crippen molar-refractivity contribution in [2.24, 2.45) is 5.41 Å². The topological polar surface area (TPSA) is 32.3 Å². The second-order valence-corrected chi connectivity index (χ2v) is 7.43. The van der Waals surface area contributed by atoms with Gasteiger partial charge in [-0.25, -0.2) is 0 Å². The third-order valence-electron chi connectivity index (χ3n) is 5.22. The van der Waals surface area contributed by atoms with Crippen LogP contribution in [0, 0.1) is 5.41 Å². The molecule has 1 heterocycles.